The lowest BCUT2D eigenvalue weighted by atomic mass is 9.98. The van der Waals surface area contributed by atoms with Gasteiger partial charge in [-0.05, 0) is 171 Å². The molecule has 21 aromatic carbocycles. The largest absolute Gasteiger partial charge is 0.309 e. The van der Waals surface area contributed by atoms with E-state index in [-0.39, 0.29) is 0 Å². The van der Waals surface area contributed by atoms with Gasteiger partial charge in [-0.1, -0.05) is 449 Å². The first kappa shape index (κ1) is 88.3. The van der Waals surface area contributed by atoms with Crippen LogP contribution in [0.15, 0.2) is 564 Å². The summed E-state index contributed by atoms with van der Waals surface area (Å²) >= 11 is 0. The second-order valence-electron chi connectivity index (χ2n) is 37.4. The summed E-state index contributed by atoms with van der Waals surface area (Å²) in [6.45, 7) is 0. The second-order valence-corrected chi connectivity index (χ2v) is 37.4. The summed E-state index contributed by atoms with van der Waals surface area (Å²) in [5, 5.41) is 10.0. The van der Waals surface area contributed by atoms with Crippen LogP contribution in [0.2, 0.25) is 0 Å². The molecule has 9 heteroatoms. The number of para-hydroxylation sites is 8. The molecule has 0 saturated heterocycles. The molecule has 28 rings (SSSR count). The van der Waals surface area contributed by atoms with E-state index in [4.69, 9.17) is 24.9 Å². The third kappa shape index (κ3) is 17.1. The Labute approximate surface area is 857 Å². The van der Waals surface area contributed by atoms with Gasteiger partial charge < -0.3 is 18.3 Å². The Kier molecular flexibility index (Phi) is 23.2. The maximum Gasteiger partial charge on any atom is 0.160 e. The molecule has 0 N–H and O–H groups in total. The molecule has 0 aliphatic carbocycles. The van der Waals surface area contributed by atoms with Gasteiger partial charge in [0, 0.05) is 110 Å². The Morgan fingerprint density at radius 2 is 0.264 bits per heavy atom. The minimum Gasteiger partial charge on any atom is -0.309 e. The van der Waals surface area contributed by atoms with Crippen LogP contribution in [0, 0.1) is 0 Å². The molecule has 9 nitrogen and oxygen atoms in total. The van der Waals surface area contributed by atoms with Gasteiger partial charge in [0.25, 0.3) is 0 Å². The van der Waals surface area contributed by atoms with Gasteiger partial charge in [-0.2, -0.15) is 0 Å². The molecule has 0 radical (unpaired) electrons. The summed E-state index contributed by atoms with van der Waals surface area (Å²) in [5.41, 5.74) is 39.6. The van der Waals surface area contributed by atoms with Crippen LogP contribution < -0.4 is 0 Å². The predicted octanol–water partition coefficient (Wildman–Crippen LogP) is 36.1. The number of nitrogens with zero attached hydrogens (tertiary/aromatic N) is 9. The molecule has 0 atom stereocenters. The SMILES string of the molecule is c1ccc(-c2cc(-c3ccc(-c4ccc(-n5c6ccccc6c6ccccc65)cc4)cc3)nc(-c3ccccc3)n2)cc1.c1ccc(-c2ccc(-c3cc(-c4ccc(-c5cc(-n6c7ccccc7c7ccccc76)cc(-n6c7ccccc7c7ccccc76)c5)cc4)nc(-c4ccccc4)n3)cc2)cc1.c1ccc(-c2ccc(-c3cc(-c4ccc(-n5c6ccccc6c6ccccc65)cc4)cc(-c4ccccc4)n3)cc2)cc1. The standard InChI is InChI=1S/C58H38N4.C41H28N2.C40H27N3/c1-3-15-39(16-4-1)40-27-31-42(32-28-40)52-38-53(60-58(59-52)44-17-5-2-6-18-44)43-33-29-41(30-34-43)45-35-46(61-54-23-11-7-19-48(54)49-20-8-12-24-55(49)61)37-47(36-45)62-56-25-13-9-21-50(56)51-22-10-14-26-57(51)62;1-3-11-29(12-4-1)30-19-21-33(22-20-30)39-28-34(27-38(42-39)32-13-5-2-6-14-32)31-23-25-35(26-24-31)43-40-17-9-7-15-36(40)37-16-8-10-18-41(37)43;1-3-11-30(12-4-1)36-27-37(42-40(41-36)32-13-5-2-6-14-32)31-21-19-28(20-22-31)29-23-25-33(26-24-29)43-38-17-9-7-15-34(38)35-16-8-10-18-39(35)43/h1-38H;1-28H;1-27H. The van der Waals surface area contributed by atoms with Crippen molar-refractivity contribution in [3.05, 3.63) is 564 Å². The third-order valence-electron chi connectivity index (χ3n) is 28.4. The van der Waals surface area contributed by atoms with E-state index in [2.05, 4.69) is 510 Å². The lowest BCUT2D eigenvalue weighted by Crippen LogP contribution is -2.00. The van der Waals surface area contributed by atoms with Gasteiger partial charge in [-0.3, -0.25) is 0 Å². The quantitative estimate of drug-likeness (QED) is 0.0907. The molecule has 0 aliphatic rings. The number of hydrogen-bond acceptors (Lipinski definition) is 5. The van der Waals surface area contributed by atoms with Gasteiger partial charge in [-0.25, -0.2) is 24.9 Å². The van der Waals surface area contributed by atoms with Crippen molar-refractivity contribution in [1.82, 2.24) is 43.2 Å². The maximum atomic E-state index is 5.16. The topological polar surface area (TPSA) is 84.2 Å². The number of benzene rings is 21. The molecule has 0 aliphatic heterocycles. The summed E-state index contributed by atoms with van der Waals surface area (Å²) in [7, 11) is 0. The molecule has 694 valence electrons. The zero-order chi connectivity index (χ0) is 98.2. The molecule has 0 spiro atoms. The van der Waals surface area contributed by atoms with Crippen molar-refractivity contribution in [3.8, 4) is 169 Å². The molecule has 28 aromatic rings. The Morgan fingerprint density at radius 1 is 0.101 bits per heavy atom. The van der Waals surface area contributed by atoms with Crippen molar-refractivity contribution < 1.29 is 0 Å². The van der Waals surface area contributed by atoms with Crippen LogP contribution >= 0.6 is 0 Å². The average molecular weight is 1890 g/mol. The molecule has 0 unspecified atom stereocenters. The van der Waals surface area contributed by atoms with E-state index in [0.717, 1.165) is 135 Å². The van der Waals surface area contributed by atoms with Crippen molar-refractivity contribution in [2.75, 3.05) is 0 Å². The second kappa shape index (κ2) is 38.9. The fraction of sp³-hybridized carbons (Fsp3) is 0. The molecular weight excluding hydrogens is 1800 g/mol. The summed E-state index contributed by atoms with van der Waals surface area (Å²) in [4.78, 5) is 25.3. The average Bonchev–Trinajstić information content (AvgIpc) is 1.57. The van der Waals surface area contributed by atoms with Crippen molar-refractivity contribution >= 4 is 87.2 Å². The molecule has 0 bridgehead atoms. The number of hydrogen-bond donors (Lipinski definition) is 0. The number of rotatable bonds is 17. The summed E-state index contributed by atoms with van der Waals surface area (Å²) in [6, 6.07) is 200. The van der Waals surface area contributed by atoms with Crippen LogP contribution in [-0.4, -0.2) is 43.2 Å². The Bertz CT molecular complexity index is 9350. The van der Waals surface area contributed by atoms with Gasteiger partial charge in [0.15, 0.2) is 11.6 Å². The summed E-state index contributed by atoms with van der Waals surface area (Å²) < 4.78 is 9.54. The van der Waals surface area contributed by atoms with E-state index in [0.29, 0.717) is 5.82 Å². The fourth-order valence-electron chi connectivity index (χ4n) is 21.2. The highest BCUT2D eigenvalue weighted by atomic mass is 15.0. The zero-order valence-corrected chi connectivity index (χ0v) is 80.7. The van der Waals surface area contributed by atoms with Crippen molar-refractivity contribution in [1.29, 1.82) is 0 Å². The van der Waals surface area contributed by atoms with Gasteiger partial charge in [-0.15, -0.1) is 0 Å². The van der Waals surface area contributed by atoms with Crippen LogP contribution in [0.3, 0.4) is 0 Å². The normalized spacial score (nSPS) is 11.4. The third-order valence-corrected chi connectivity index (χ3v) is 28.4. The van der Waals surface area contributed by atoms with E-state index in [1.807, 2.05) is 72.8 Å². The Hall–Kier alpha value is -19.9. The molecule has 0 amide bonds. The lowest BCUT2D eigenvalue weighted by Gasteiger charge is -2.16. The first-order valence-electron chi connectivity index (χ1n) is 50.2. The van der Waals surface area contributed by atoms with Crippen LogP contribution in [-0.2, 0) is 0 Å². The van der Waals surface area contributed by atoms with E-state index < -0.39 is 0 Å². The van der Waals surface area contributed by atoms with Crippen LogP contribution in [0.5, 0.6) is 0 Å². The lowest BCUT2D eigenvalue weighted by molar-refractivity contribution is 1.13. The highest BCUT2D eigenvalue weighted by molar-refractivity contribution is 6.13. The van der Waals surface area contributed by atoms with Crippen LogP contribution in [0.4, 0.5) is 0 Å². The van der Waals surface area contributed by atoms with Gasteiger partial charge in [0.1, 0.15) is 0 Å². The molecule has 0 fully saturated rings. The zero-order valence-electron chi connectivity index (χ0n) is 80.7. The highest BCUT2D eigenvalue weighted by Gasteiger charge is 2.23. The van der Waals surface area contributed by atoms with Gasteiger partial charge >= 0.3 is 0 Å². The Balaban J connectivity index is 0.000000115. The summed E-state index contributed by atoms with van der Waals surface area (Å²) in [5.74, 6) is 1.42. The molecule has 0 saturated carbocycles. The van der Waals surface area contributed by atoms with Crippen molar-refractivity contribution in [2.24, 2.45) is 0 Å². The monoisotopic (exact) mass is 1890 g/mol. The van der Waals surface area contributed by atoms with E-state index in [1.54, 1.807) is 0 Å². The smallest absolute Gasteiger partial charge is 0.160 e. The fourth-order valence-corrected chi connectivity index (χ4v) is 21.2. The van der Waals surface area contributed by atoms with Crippen LogP contribution in [0.25, 0.3) is 256 Å². The van der Waals surface area contributed by atoms with Crippen molar-refractivity contribution in [2.45, 2.75) is 0 Å². The number of fused-ring (bicyclic) bond motifs is 12. The molecular formula is C139H93N9. The highest BCUT2D eigenvalue weighted by Crippen LogP contribution is 2.44. The van der Waals surface area contributed by atoms with Crippen LogP contribution in [0.1, 0.15) is 0 Å². The predicted molar refractivity (Wildman–Crippen MR) is 616 cm³/mol. The van der Waals surface area contributed by atoms with Gasteiger partial charge in [0.2, 0.25) is 0 Å². The molecule has 7 heterocycles. The van der Waals surface area contributed by atoms with E-state index in [1.165, 1.54) is 115 Å². The molecule has 7 aromatic heterocycles. The molecule has 148 heavy (non-hydrogen) atoms. The number of aromatic nitrogens is 9. The van der Waals surface area contributed by atoms with Crippen molar-refractivity contribution in [3.63, 3.8) is 0 Å². The first-order valence-corrected chi connectivity index (χ1v) is 50.2. The first-order chi connectivity index (χ1) is 73.4. The minimum absolute atomic E-state index is 0.698. The Morgan fingerprint density at radius 3 is 0.507 bits per heavy atom. The van der Waals surface area contributed by atoms with Gasteiger partial charge in [0.05, 0.1) is 78.3 Å². The maximum absolute atomic E-state index is 5.16. The van der Waals surface area contributed by atoms with E-state index in [9.17, 15) is 0 Å². The number of pyridine rings is 1. The minimum atomic E-state index is 0.698. The van der Waals surface area contributed by atoms with E-state index >= 15 is 0 Å². The summed E-state index contributed by atoms with van der Waals surface area (Å²) in [6.07, 6.45) is 0.